The van der Waals surface area contributed by atoms with Gasteiger partial charge in [-0.15, -0.1) is 0 Å². The molecule has 5 nitrogen and oxygen atoms in total. The zero-order valence-electron chi connectivity index (χ0n) is 22.1. The number of nitrogens with zero attached hydrogens (tertiary/aromatic N) is 2. The largest absolute Gasteiger partial charge is 0.343 e. The number of hydrogen-bond donors (Lipinski definition) is 1. The fourth-order valence-corrected chi connectivity index (χ4v) is 4.99. The summed E-state index contributed by atoms with van der Waals surface area (Å²) in [6.45, 7) is 8.08. The van der Waals surface area contributed by atoms with E-state index in [4.69, 9.17) is 0 Å². The highest BCUT2D eigenvalue weighted by Gasteiger charge is 2.40. The molecule has 0 radical (unpaired) electrons. The third kappa shape index (κ3) is 6.43. The van der Waals surface area contributed by atoms with Crippen molar-refractivity contribution < 1.29 is 14.0 Å². The van der Waals surface area contributed by atoms with Gasteiger partial charge >= 0.3 is 0 Å². The molecule has 0 bridgehead atoms. The van der Waals surface area contributed by atoms with Crippen LogP contribution in [0.25, 0.3) is 0 Å². The summed E-state index contributed by atoms with van der Waals surface area (Å²) in [7, 11) is 0. The average Bonchev–Trinajstić information content (AvgIpc) is 3.29. The van der Waals surface area contributed by atoms with Gasteiger partial charge in [0.2, 0.25) is 11.8 Å². The highest BCUT2D eigenvalue weighted by molar-refractivity contribution is 5.89. The fourth-order valence-electron chi connectivity index (χ4n) is 4.99. The number of likely N-dealkylation sites (tertiary alicyclic amines) is 1. The van der Waals surface area contributed by atoms with E-state index in [1.807, 2.05) is 68.4 Å². The van der Waals surface area contributed by atoms with Crippen molar-refractivity contribution >= 4 is 11.8 Å². The van der Waals surface area contributed by atoms with Crippen LogP contribution in [0.15, 0.2) is 66.7 Å². The van der Waals surface area contributed by atoms with E-state index in [-0.39, 0.29) is 31.2 Å². The van der Waals surface area contributed by atoms with Crippen LogP contribution in [0.3, 0.4) is 0 Å². The van der Waals surface area contributed by atoms with Gasteiger partial charge in [0.1, 0.15) is 12.2 Å². The Labute approximate surface area is 219 Å². The van der Waals surface area contributed by atoms with Crippen LogP contribution >= 0.6 is 0 Å². The molecule has 37 heavy (non-hydrogen) atoms. The molecule has 1 aromatic heterocycles. The molecule has 0 saturated carbocycles. The zero-order valence-corrected chi connectivity index (χ0v) is 22.1. The monoisotopic (exact) mass is 501 g/mol. The molecule has 1 N–H and O–H groups in total. The lowest BCUT2D eigenvalue weighted by Gasteiger charge is -2.27. The van der Waals surface area contributed by atoms with Crippen LogP contribution < -0.4 is 5.32 Å². The number of nitrogens with one attached hydrogen (secondary N) is 1. The van der Waals surface area contributed by atoms with Crippen molar-refractivity contribution in [2.75, 3.05) is 6.54 Å². The third-order valence-electron chi connectivity index (χ3n) is 7.17. The number of rotatable bonds is 8. The van der Waals surface area contributed by atoms with Crippen LogP contribution in [-0.2, 0) is 16.0 Å². The number of pyridine rings is 1. The Hall–Kier alpha value is -3.54. The molecule has 3 atom stereocenters. The molecular formula is C31H36FN3O2. The minimum Gasteiger partial charge on any atom is -0.343 e. The standard InChI is InChI=1S/C31H36FN3O2/c1-20(2)23-12-14-26(15-13-23)30(25-8-6-5-7-9-25)34-31(37)28-18-27(32)19-35(28)29(36)17-16-24-11-10-21(3)33-22(24)4/h5-15,20,27-28,30H,16-19H2,1-4H3,(H,34,37). The molecule has 2 amide bonds. The third-order valence-corrected chi connectivity index (χ3v) is 7.17. The lowest BCUT2D eigenvalue weighted by Crippen LogP contribution is -2.47. The summed E-state index contributed by atoms with van der Waals surface area (Å²) in [6.07, 6.45) is -0.491. The van der Waals surface area contributed by atoms with E-state index in [9.17, 15) is 14.0 Å². The van der Waals surface area contributed by atoms with Gasteiger partial charge in [-0.05, 0) is 54.5 Å². The van der Waals surface area contributed by atoms with Crippen LogP contribution in [0.4, 0.5) is 4.39 Å². The molecule has 194 valence electrons. The Morgan fingerprint density at radius 1 is 0.973 bits per heavy atom. The first-order valence-corrected chi connectivity index (χ1v) is 13.0. The van der Waals surface area contributed by atoms with E-state index in [0.717, 1.165) is 28.1 Å². The van der Waals surface area contributed by atoms with E-state index < -0.39 is 18.3 Å². The number of aryl methyl sites for hydroxylation is 3. The number of halogens is 1. The smallest absolute Gasteiger partial charge is 0.243 e. The highest BCUT2D eigenvalue weighted by Crippen LogP contribution is 2.27. The molecule has 2 aromatic carbocycles. The number of carbonyl (C=O) groups is 2. The minimum atomic E-state index is -1.22. The Morgan fingerprint density at radius 2 is 1.62 bits per heavy atom. The summed E-state index contributed by atoms with van der Waals surface area (Å²) in [5.41, 5.74) is 5.90. The summed E-state index contributed by atoms with van der Waals surface area (Å²) < 4.78 is 14.5. The van der Waals surface area contributed by atoms with Gasteiger partial charge in [0.05, 0.1) is 12.6 Å². The van der Waals surface area contributed by atoms with E-state index in [1.54, 1.807) is 0 Å². The van der Waals surface area contributed by atoms with Crippen molar-refractivity contribution in [2.45, 2.75) is 71.1 Å². The SMILES string of the molecule is Cc1ccc(CCC(=O)N2CC(F)CC2C(=O)NC(c2ccccc2)c2ccc(C(C)C)cc2)c(C)n1. The molecule has 4 rings (SSSR count). The molecule has 6 heteroatoms. The number of amides is 2. The first-order valence-electron chi connectivity index (χ1n) is 13.0. The van der Waals surface area contributed by atoms with Crippen LogP contribution in [0.5, 0.6) is 0 Å². The maximum atomic E-state index is 14.5. The van der Waals surface area contributed by atoms with E-state index in [0.29, 0.717) is 12.3 Å². The van der Waals surface area contributed by atoms with Crippen molar-refractivity contribution in [3.05, 3.63) is 100 Å². The number of hydrogen-bond acceptors (Lipinski definition) is 3. The van der Waals surface area contributed by atoms with Crippen molar-refractivity contribution in [2.24, 2.45) is 0 Å². The predicted molar refractivity (Wildman–Crippen MR) is 144 cm³/mol. The van der Waals surface area contributed by atoms with Gasteiger partial charge in [-0.2, -0.15) is 0 Å². The first kappa shape index (κ1) is 26.5. The van der Waals surface area contributed by atoms with Crippen LogP contribution in [0, 0.1) is 13.8 Å². The molecule has 0 spiro atoms. The molecule has 3 unspecified atom stereocenters. The van der Waals surface area contributed by atoms with E-state index in [2.05, 4.69) is 36.3 Å². The molecular weight excluding hydrogens is 465 g/mol. The number of carbonyl (C=O) groups excluding carboxylic acids is 2. The summed E-state index contributed by atoms with van der Waals surface area (Å²) in [5.74, 6) is -0.140. The van der Waals surface area contributed by atoms with Gasteiger partial charge in [0, 0.05) is 24.2 Å². The van der Waals surface area contributed by atoms with Gasteiger partial charge in [-0.25, -0.2) is 4.39 Å². The van der Waals surface area contributed by atoms with Gasteiger partial charge in [0.15, 0.2) is 0 Å². The molecule has 1 aliphatic rings. The van der Waals surface area contributed by atoms with Gasteiger partial charge in [-0.3, -0.25) is 14.6 Å². The van der Waals surface area contributed by atoms with E-state index >= 15 is 0 Å². The lowest BCUT2D eigenvalue weighted by atomic mass is 9.95. The summed E-state index contributed by atoms with van der Waals surface area (Å²) in [6, 6.07) is 20.6. The second-order valence-electron chi connectivity index (χ2n) is 10.3. The fraction of sp³-hybridized carbons (Fsp3) is 0.387. The van der Waals surface area contributed by atoms with Crippen LogP contribution in [-0.4, -0.2) is 40.5 Å². The summed E-state index contributed by atoms with van der Waals surface area (Å²) in [5, 5.41) is 3.13. The predicted octanol–water partition coefficient (Wildman–Crippen LogP) is 5.60. The van der Waals surface area contributed by atoms with Crippen molar-refractivity contribution in [1.29, 1.82) is 0 Å². The molecule has 3 aromatic rings. The highest BCUT2D eigenvalue weighted by atomic mass is 19.1. The number of benzene rings is 2. The van der Waals surface area contributed by atoms with Gasteiger partial charge in [0.25, 0.3) is 0 Å². The van der Waals surface area contributed by atoms with Crippen LogP contribution in [0.1, 0.15) is 72.3 Å². The minimum absolute atomic E-state index is 0.0104. The molecule has 1 aliphatic heterocycles. The van der Waals surface area contributed by atoms with Crippen molar-refractivity contribution in [3.8, 4) is 0 Å². The zero-order chi connectivity index (χ0) is 26.5. The van der Waals surface area contributed by atoms with Crippen molar-refractivity contribution in [1.82, 2.24) is 15.2 Å². The normalized spacial score (nSPS) is 18.2. The molecule has 1 saturated heterocycles. The van der Waals surface area contributed by atoms with E-state index in [1.165, 1.54) is 10.5 Å². The average molecular weight is 502 g/mol. The van der Waals surface area contributed by atoms with Gasteiger partial charge in [-0.1, -0.05) is 74.5 Å². The topological polar surface area (TPSA) is 62.3 Å². The second-order valence-corrected chi connectivity index (χ2v) is 10.3. The quantitative estimate of drug-likeness (QED) is 0.437. The maximum absolute atomic E-state index is 14.5. The summed E-state index contributed by atoms with van der Waals surface area (Å²) in [4.78, 5) is 32.5. The Kier molecular flexibility index (Phi) is 8.37. The first-order chi connectivity index (χ1) is 17.7. The van der Waals surface area contributed by atoms with Gasteiger partial charge < -0.3 is 10.2 Å². The molecule has 0 aliphatic carbocycles. The molecule has 1 fully saturated rings. The Balaban J connectivity index is 1.50. The Bertz CT molecular complexity index is 1230. The summed E-state index contributed by atoms with van der Waals surface area (Å²) >= 11 is 0. The maximum Gasteiger partial charge on any atom is 0.243 e. The van der Waals surface area contributed by atoms with Crippen molar-refractivity contribution in [3.63, 3.8) is 0 Å². The second kappa shape index (κ2) is 11.7. The number of alkyl halides is 1. The lowest BCUT2D eigenvalue weighted by molar-refractivity contribution is -0.138. The Morgan fingerprint density at radius 3 is 2.27 bits per heavy atom. The number of aromatic nitrogens is 1. The van der Waals surface area contributed by atoms with Crippen LogP contribution in [0.2, 0.25) is 0 Å². The molecule has 2 heterocycles.